The molecule has 1 aromatic carbocycles. The minimum absolute atomic E-state index is 0.0473. The molecule has 1 aliphatic rings. The van der Waals surface area contributed by atoms with Crippen molar-refractivity contribution < 1.29 is 13.7 Å². The molecule has 1 saturated heterocycles. The highest BCUT2D eigenvalue weighted by Gasteiger charge is 2.26. The SMILES string of the molecule is CC(c1nnc(SCC(=O)Nc2cc(C(C)(C)C)no2)n1-c1ccc(F)cc1)N1CCCCC1. The van der Waals surface area contributed by atoms with Gasteiger partial charge in [0.05, 0.1) is 17.5 Å². The third-order valence-electron chi connectivity index (χ3n) is 5.93. The van der Waals surface area contributed by atoms with Crippen LogP contribution in [-0.2, 0) is 10.2 Å². The molecule has 0 spiro atoms. The van der Waals surface area contributed by atoms with E-state index in [0.717, 1.165) is 43.1 Å². The maximum Gasteiger partial charge on any atom is 0.237 e. The molecule has 1 aliphatic heterocycles. The first-order chi connectivity index (χ1) is 16.2. The number of carbonyl (C=O) groups is 1. The van der Waals surface area contributed by atoms with E-state index in [4.69, 9.17) is 4.52 Å². The highest BCUT2D eigenvalue weighted by Crippen LogP contribution is 2.30. The molecule has 2 aromatic heterocycles. The van der Waals surface area contributed by atoms with E-state index in [1.54, 1.807) is 18.2 Å². The molecule has 10 heteroatoms. The average Bonchev–Trinajstić information content (AvgIpc) is 3.46. The molecule has 1 atom stereocenters. The standard InChI is InChI=1S/C24H31FN6O2S/c1-16(30-12-6-5-7-13-30)22-27-28-23(31(22)18-10-8-17(25)9-11-18)34-15-20(32)26-21-14-19(29-33-21)24(2,3)4/h8-11,14,16H,5-7,12-13,15H2,1-4H3,(H,26,32). The fraction of sp³-hybridized carbons (Fsp3) is 0.500. The molecule has 0 saturated carbocycles. The van der Waals surface area contributed by atoms with Gasteiger partial charge in [0.15, 0.2) is 11.0 Å². The first-order valence-corrected chi connectivity index (χ1v) is 12.6. The highest BCUT2D eigenvalue weighted by atomic mass is 32.2. The van der Waals surface area contributed by atoms with Gasteiger partial charge in [-0.05, 0) is 57.1 Å². The molecule has 8 nitrogen and oxygen atoms in total. The average molecular weight is 487 g/mol. The molecule has 3 aromatic rings. The number of rotatable bonds is 7. The summed E-state index contributed by atoms with van der Waals surface area (Å²) in [5.41, 5.74) is 1.36. The zero-order valence-corrected chi connectivity index (χ0v) is 20.9. The van der Waals surface area contributed by atoms with Gasteiger partial charge in [-0.15, -0.1) is 10.2 Å². The number of anilines is 1. The maximum atomic E-state index is 13.6. The molecular weight excluding hydrogens is 455 g/mol. The van der Waals surface area contributed by atoms with Crippen molar-refractivity contribution in [1.29, 1.82) is 0 Å². The number of piperidine rings is 1. The molecule has 1 amide bonds. The Morgan fingerprint density at radius 1 is 1.18 bits per heavy atom. The van der Waals surface area contributed by atoms with Crippen molar-refractivity contribution in [3.05, 3.63) is 47.7 Å². The molecule has 1 N–H and O–H groups in total. The molecule has 0 bridgehead atoms. The number of nitrogens with zero attached hydrogens (tertiary/aromatic N) is 5. The van der Waals surface area contributed by atoms with Crippen LogP contribution >= 0.6 is 11.8 Å². The van der Waals surface area contributed by atoms with E-state index in [0.29, 0.717) is 11.0 Å². The lowest BCUT2D eigenvalue weighted by Crippen LogP contribution is -2.33. The molecule has 182 valence electrons. The number of hydrogen-bond acceptors (Lipinski definition) is 7. The van der Waals surface area contributed by atoms with Crippen molar-refractivity contribution in [2.75, 3.05) is 24.2 Å². The van der Waals surface area contributed by atoms with Crippen LogP contribution in [0.5, 0.6) is 0 Å². The summed E-state index contributed by atoms with van der Waals surface area (Å²) in [6.07, 6.45) is 3.57. The Bertz CT molecular complexity index is 1120. The van der Waals surface area contributed by atoms with Crippen LogP contribution in [0.4, 0.5) is 10.3 Å². The summed E-state index contributed by atoms with van der Waals surface area (Å²) in [4.78, 5) is 15.0. The number of carbonyl (C=O) groups excluding carboxylic acids is 1. The van der Waals surface area contributed by atoms with Gasteiger partial charge in [0.1, 0.15) is 5.82 Å². The Hall–Kier alpha value is -2.72. The second-order valence-corrected chi connectivity index (χ2v) is 10.5. The van der Waals surface area contributed by atoms with E-state index in [1.807, 2.05) is 25.3 Å². The van der Waals surface area contributed by atoms with Crippen molar-refractivity contribution in [2.45, 2.75) is 63.6 Å². The first-order valence-electron chi connectivity index (χ1n) is 11.6. The maximum absolute atomic E-state index is 13.6. The second kappa shape index (κ2) is 10.3. The van der Waals surface area contributed by atoms with E-state index >= 15 is 0 Å². The van der Waals surface area contributed by atoms with Crippen LogP contribution in [-0.4, -0.2) is 49.6 Å². The molecular formula is C24H31FN6O2S. The van der Waals surface area contributed by atoms with E-state index < -0.39 is 0 Å². The number of benzene rings is 1. The van der Waals surface area contributed by atoms with E-state index in [1.165, 1.54) is 30.3 Å². The summed E-state index contributed by atoms with van der Waals surface area (Å²) < 4.78 is 20.8. The number of likely N-dealkylation sites (tertiary alicyclic amines) is 1. The molecule has 1 unspecified atom stereocenters. The quantitative estimate of drug-likeness (QED) is 0.472. The largest absolute Gasteiger partial charge is 0.338 e. The molecule has 4 rings (SSSR count). The number of nitrogens with one attached hydrogen (secondary N) is 1. The summed E-state index contributed by atoms with van der Waals surface area (Å²) in [6, 6.07) is 8.04. The molecule has 3 heterocycles. The smallest absolute Gasteiger partial charge is 0.237 e. The van der Waals surface area contributed by atoms with Crippen LogP contribution in [0, 0.1) is 5.82 Å². The van der Waals surface area contributed by atoms with E-state index in [-0.39, 0.29) is 28.9 Å². The van der Waals surface area contributed by atoms with E-state index in [2.05, 4.69) is 32.5 Å². The summed E-state index contributed by atoms with van der Waals surface area (Å²) in [6.45, 7) is 10.2. The molecule has 0 radical (unpaired) electrons. The fourth-order valence-corrected chi connectivity index (χ4v) is 4.70. The third kappa shape index (κ3) is 5.67. The fourth-order valence-electron chi connectivity index (χ4n) is 3.94. The Kier molecular flexibility index (Phi) is 7.37. The second-order valence-electron chi connectivity index (χ2n) is 9.59. The van der Waals surface area contributed by atoms with Gasteiger partial charge in [-0.25, -0.2) is 4.39 Å². The Morgan fingerprint density at radius 2 is 1.88 bits per heavy atom. The Morgan fingerprint density at radius 3 is 2.53 bits per heavy atom. The van der Waals surface area contributed by atoms with Crippen molar-refractivity contribution in [1.82, 2.24) is 24.8 Å². The van der Waals surface area contributed by atoms with Gasteiger partial charge in [-0.2, -0.15) is 0 Å². The monoisotopic (exact) mass is 486 g/mol. The summed E-state index contributed by atoms with van der Waals surface area (Å²) >= 11 is 1.27. The van der Waals surface area contributed by atoms with Crippen LogP contribution in [0.1, 0.15) is 64.5 Å². The Labute approximate surface area is 203 Å². The van der Waals surface area contributed by atoms with Crippen molar-refractivity contribution >= 4 is 23.6 Å². The number of aromatic nitrogens is 4. The highest BCUT2D eigenvalue weighted by molar-refractivity contribution is 7.99. The lowest BCUT2D eigenvalue weighted by Gasteiger charge is -2.31. The normalized spacial score (nSPS) is 15.9. The predicted molar refractivity (Wildman–Crippen MR) is 130 cm³/mol. The zero-order valence-electron chi connectivity index (χ0n) is 20.0. The number of hydrogen-bond donors (Lipinski definition) is 1. The first kappa shape index (κ1) is 24.4. The van der Waals surface area contributed by atoms with Crippen molar-refractivity contribution in [2.24, 2.45) is 0 Å². The minimum Gasteiger partial charge on any atom is -0.338 e. The summed E-state index contributed by atoms with van der Waals surface area (Å²) in [5, 5.41) is 16.2. The molecule has 1 fully saturated rings. The van der Waals surface area contributed by atoms with Gasteiger partial charge in [-0.3, -0.25) is 19.6 Å². The Balaban J connectivity index is 1.51. The van der Waals surface area contributed by atoms with Crippen molar-refractivity contribution in [3.63, 3.8) is 0 Å². The number of amides is 1. The summed E-state index contributed by atoms with van der Waals surface area (Å²) in [5.74, 6) is 0.665. The molecule has 0 aliphatic carbocycles. The van der Waals surface area contributed by atoms with Crippen LogP contribution in [0.15, 0.2) is 40.0 Å². The molecule has 34 heavy (non-hydrogen) atoms. The van der Waals surface area contributed by atoms with Crippen LogP contribution in [0.2, 0.25) is 0 Å². The predicted octanol–water partition coefficient (Wildman–Crippen LogP) is 4.97. The van der Waals surface area contributed by atoms with Crippen molar-refractivity contribution in [3.8, 4) is 5.69 Å². The third-order valence-corrected chi connectivity index (χ3v) is 6.86. The van der Waals surface area contributed by atoms with Crippen LogP contribution < -0.4 is 5.32 Å². The topological polar surface area (TPSA) is 89.1 Å². The minimum atomic E-state index is -0.308. The van der Waals surface area contributed by atoms with Crippen LogP contribution in [0.3, 0.4) is 0 Å². The van der Waals surface area contributed by atoms with Gasteiger partial charge in [0.2, 0.25) is 11.8 Å². The van der Waals surface area contributed by atoms with Gasteiger partial charge in [0.25, 0.3) is 0 Å². The number of halogens is 1. The van der Waals surface area contributed by atoms with Gasteiger partial charge in [0, 0.05) is 17.2 Å². The van der Waals surface area contributed by atoms with E-state index in [9.17, 15) is 9.18 Å². The van der Waals surface area contributed by atoms with Gasteiger partial charge < -0.3 is 4.52 Å². The lowest BCUT2D eigenvalue weighted by atomic mass is 9.92. The zero-order chi connectivity index (χ0) is 24.3. The van der Waals surface area contributed by atoms with Gasteiger partial charge in [-0.1, -0.05) is 44.1 Å². The van der Waals surface area contributed by atoms with Crippen LogP contribution in [0.25, 0.3) is 5.69 Å². The lowest BCUT2D eigenvalue weighted by molar-refractivity contribution is -0.113. The number of thioether (sulfide) groups is 1. The summed E-state index contributed by atoms with van der Waals surface area (Å²) in [7, 11) is 0. The van der Waals surface area contributed by atoms with Gasteiger partial charge >= 0.3 is 0 Å².